The lowest BCUT2D eigenvalue weighted by Crippen LogP contribution is -2.01. The molecular weight excluding hydrogens is 334 g/mol. The number of halogens is 2. The largest absolute Gasteiger partial charge is 0.370 e. The Morgan fingerprint density at radius 3 is 3.06 bits per heavy atom. The molecule has 2 rings (SSSR count). The van der Waals surface area contributed by atoms with Crippen LogP contribution in [-0.4, -0.2) is 4.37 Å². The van der Waals surface area contributed by atoms with E-state index in [4.69, 9.17) is 16.9 Å². The van der Waals surface area contributed by atoms with Crippen LogP contribution in [0.15, 0.2) is 22.7 Å². The number of aryl methyl sites for hydroxylation is 1. The maximum atomic E-state index is 8.97. The molecule has 0 aliphatic heterocycles. The summed E-state index contributed by atoms with van der Waals surface area (Å²) in [5, 5.41) is 13.1. The van der Waals surface area contributed by atoms with E-state index < -0.39 is 0 Å². The van der Waals surface area contributed by atoms with Gasteiger partial charge in [0, 0.05) is 11.0 Å². The molecule has 0 spiro atoms. The second-order valence-corrected chi connectivity index (χ2v) is 5.76. The number of nitriles is 1. The summed E-state index contributed by atoms with van der Waals surface area (Å²) in [7, 11) is 0. The third-order valence-corrected chi connectivity index (χ3v) is 4.18. The lowest BCUT2D eigenvalue weighted by Gasteiger charge is -2.08. The van der Waals surface area contributed by atoms with Crippen LogP contribution in [0.3, 0.4) is 0 Å². The molecule has 3 nitrogen and oxygen atoms in total. The van der Waals surface area contributed by atoms with Crippen LogP contribution in [0.1, 0.15) is 16.7 Å². The van der Waals surface area contributed by atoms with Gasteiger partial charge >= 0.3 is 0 Å². The zero-order valence-corrected chi connectivity index (χ0v) is 12.7. The molecule has 0 saturated carbocycles. The molecule has 18 heavy (non-hydrogen) atoms. The summed E-state index contributed by atoms with van der Waals surface area (Å²) >= 11 is 10.5. The molecule has 0 aliphatic rings. The maximum absolute atomic E-state index is 8.97. The van der Waals surface area contributed by atoms with Gasteiger partial charge in [0.2, 0.25) is 0 Å². The van der Waals surface area contributed by atoms with Crippen molar-refractivity contribution in [3.63, 3.8) is 0 Å². The Kier molecular flexibility index (Phi) is 4.23. The van der Waals surface area contributed by atoms with Crippen molar-refractivity contribution in [3.8, 4) is 6.07 Å². The van der Waals surface area contributed by atoms with Gasteiger partial charge in [-0.15, -0.1) is 0 Å². The van der Waals surface area contributed by atoms with Crippen LogP contribution in [0, 0.1) is 18.3 Å². The molecule has 0 saturated heterocycles. The highest BCUT2D eigenvalue weighted by Gasteiger charge is 2.11. The first-order chi connectivity index (χ1) is 8.61. The van der Waals surface area contributed by atoms with E-state index in [1.165, 1.54) is 17.1 Å². The fourth-order valence-corrected chi connectivity index (χ4v) is 2.83. The standard InChI is InChI=1S/C12H9BrClN3S/c1-7-2-3-9(13)4-8(7)6-16-12-10(5-15)11(14)17-18-12/h2-4,16H,6H2,1H3. The molecule has 0 atom stereocenters. The first-order valence-electron chi connectivity index (χ1n) is 5.16. The highest BCUT2D eigenvalue weighted by molar-refractivity contribution is 9.10. The Morgan fingerprint density at radius 1 is 1.56 bits per heavy atom. The number of anilines is 1. The second-order valence-electron chi connectivity index (χ2n) is 3.71. The predicted molar refractivity (Wildman–Crippen MR) is 78.0 cm³/mol. The first-order valence-corrected chi connectivity index (χ1v) is 7.10. The average molecular weight is 343 g/mol. The summed E-state index contributed by atoms with van der Waals surface area (Å²) in [5.74, 6) is 0. The Bertz CT molecular complexity index is 616. The minimum Gasteiger partial charge on any atom is -0.370 e. The van der Waals surface area contributed by atoms with Crippen molar-refractivity contribution in [2.45, 2.75) is 13.5 Å². The number of hydrogen-bond donors (Lipinski definition) is 1. The highest BCUT2D eigenvalue weighted by Crippen LogP contribution is 2.28. The van der Waals surface area contributed by atoms with E-state index in [-0.39, 0.29) is 5.15 Å². The summed E-state index contributed by atoms with van der Waals surface area (Å²) in [5.41, 5.74) is 2.77. The number of nitrogens with zero attached hydrogens (tertiary/aromatic N) is 2. The summed E-state index contributed by atoms with van der Waals surface area (Å²) in [6.07, 6.45) is 0. The van der Waals surface area contributed by atoms with Crippen molar-refractivity contribution in [1.29, 1.82) is 5.26 Å². The van der Waals surface area contributed by atoms with Gasteiger partial charge in [-0.25, -0.2) is 0 Å². The fourth-order valence-electron chi connectivity index (χ4n) is 1.49. The van der Waals surface area contributed by atoms with E-state index in [2.05, 4.69) is 37.8 Å². The van der Waals surface area contributed by atoms with Crippen LogP contribution < -0.4 is 5.32 Å². The minimum absolute atomic E-state index is 0.260. The van der Waals surface area contributed by atoms with Crippen molar-refractivity contribution >= 4 is 44.1 Å². The SMILES string of the molecule is Cc1ccc(Br)cc1CNc1snc(Cl)c1C#N. The molecule has 0 aliphatic carbocycles. The van der Waals surface area contributed by atoms with Gasteiger partial charge in [0.15, 0.2) is 5.15 Å². The molecule has 0 amide bonds. The number of rotatable bonds is 3. The van der Waals surface area contributed by atoms with Gasteiger partial charge in [0.1, 0.15) is 16.6 Å². The van der Waals surface area contributed by atoms with Crippen molar-refractivity contribution in [3.05, 3.63) is 44.5 Å². The second kappa shape index (κ2) is 5.70. The van der Waals surface area contributed by atoms with E-state index in [9.17, 15) is 0 Å². The van der Waals surface area contributed by atoms with Crippen LogP contribution in [0.25, 0.3) is 0 Å². The molecular formula is C12H9BrClN3S. The van der Waals surface area contributed by atoms with E-state index >= 15 is 0 Å². The lowest BCUT2D eigenvalue weighted by molar-refractivity contribution is 1.12. The van der Waals surface area contributed by atoms with Crippen LogP contribution in [-0.2, 0) is 6.54 Å². The summed E-state index contributed by atoms with van der Waals surface area (Å²) < 4.78 is 4.99. The Hall–Kier alpha value is -1.09. The molecule has 1 N–H and O–H groups in total. The van der Waals surface area contributed by atoms with Crippen molar-refractivity contribution in [2.24, 2.45) is 0 Å². The van der Waals surface area contributed by atoms with E-state index in [0.717, 1.165) is 10.0 Å². The fraction of sp³-hybridized carbons (Fsp3) is 0.167. The monoisotopic (exact) mass is 341 g/mol. The smallest absolute Gasteiger partial charge is 0.162 e. The van der Waals surface area contributed by atoms with Gasteiger partial charge in [-0.1, -0.05) is 33.6 Å². The number of hydrogen-bond acceptors (Lipinski definition) is 4. The number of aromatic nitrogens is 1. The van der Waals surface area contributed by atoms with Gasteiger partial charge < -0.3 is 5.32 Å². The van der Waals surface area contributed by atoms with Crippen LogP contribution in [0.4, 0.5) is 5.00 Å². The van der Waals surface area contributed by atoms with Crippen molar-refractivity contribution in [1.82, 2.24) is 4.37 Å². The van der Waals surface area contributed by atoms with E-state index in [1.54, 1.807) is 0 Å². The predicted octanol–water partition coefficient (Wildman–Crippen LogP) is 4.35. The third kappa shape index (κ3) is 2.83. The quantitative estimate of drug-likeness (QED) is 0.902. The third-order valence-electron chi connectivity index (χ3n) is 2.51. The number of benzene rings is 1. The highest BCUT2D eigenvalue weighted by atomic mass is 79.9. The zero-order valence-electron chi connectivity index (χ0n) is 9.50. The summed E-state index contributed by atoms with van der Waals surface area (Å²) in [4.78, 5) is 0. The maximum Gasteiger partial charge on any atom is 0.162 e. The zero-order chi connectivity index (χ0) is 13.1. The molecule has 6 heteroatoms. The Labute approximate surface area is 123 Å². The minimum atomic E-state index is 0.260. The molecule has 1 heterocycles. The van der Waals surface area contributed by atoms with Gasteiger partial charge in [0.05, 0.1) is 0 Å². The Morgan fingerprint density at radius 2 is 2.33 bits per heavy atom. The van der Waals surface area contributed by atoms with Crippen LogP contribution in [0.5, 0.6) is 0 Å². The first kappa shape index (κ1) is 13.3. The summed E-state index contributed by atoms with van der Waals surface area (Å²) in [6.45, 7) is 2.69. The molecule has 2 aromatic rings. The summed E-state index contributed by atoms with van der Waals surface area (Å²) in [6, 6.07) is 8.15. The van der Waals surface area contributed by atoms with Crippen LogP contribution in [0.2, 0.25) is 5.15 Å². The molecule has 0 bridgehead atoms. The van der Waals surface area contributed by atoms with Crippen molar-refractivity contribution < 1.29 is 0 Å². The topological polar surface area (TPSA) is 48.7 Å². The van der Waals surface area contributed by atoms with Gasteiger partial charge in [-0.3, -0.25) is 0 Å². The molecule has 1 aromatic heterocycles. The van der Waals surface area contributed by atoms with Crippen LogP contribution >= 0.6 is 39.1 Å². The molecule has 0 fully saturated rings. The molecule has 1 aromatic carbocycles. The Balaban J connectivity index is 2.17. The molecule has 0 radical (unpaired) electrons. The average Bonchev–Trinajstić information content (AvgIpc) is 2.71. The lowest BCUT2D eigenvalue weighted by atomic mass is 10.1. The normalized spacial score (nSPS) is 10.1. The molecule has 0 unspecified atom stereocenters. The van der Waals surface area contributed by atoms with Gasteiger partial charge in [0.25, 0.3) is 0 Å². The number of nitrogens with one attached hydrogen (secondary N) is 1. The molecule has 92 valence electrons. The van der Waals surface area contributed by atoms with Crippen molar-refractivity contribution in [2.75, 3.05) is 5.32 Å². The van der Waals surface area contributed by atoms with E-state index in [1.807, 2.05) is 19.1 Å². The van der Waals surface area contributed by atoms with Gasteiger partial charge in [-0.05, 0) is 41.7 Å². The van der Waals surface area contributed by atoms with E-state index in [0.29, 0.717) is 17.1 Å². The van der Waals surface area contributed by atoms with Gasteiger partial charge in [-0.2, -0.15) is 9.64 Å².